The van der Waals surface area contributed by atoms with Crippen molar-refractivity contribution in [2.45, 2.75) is 38.6 Å². The van der Waals surface area contributed by atoms with Crippen LogP contribution in [0.2, 0.25) is 5.15 Å². The number of nitrogens with zero attached hydrogens (tertiary/aromatic N) is 1. The minimum Gasteiger partial charge on any atom is -0.370 e. The molecule has 0 aromatic carbocycles. The molecule has 5 heteroatoms. The van der Waals surface area contributed by atoms with Crippen molar-refractivity contribution in [1.82, 2.24) is 10.3 Å². The molecule has 2 aliphatic carbocycles. The lowest BCUT2D eigenvalue weighted by Crippen LogP contribution is -2.38. The highest BCUT2D eigenvalue weighted by molar-refractivity contribution is 6.29. The van der Waals surface area contributed by atoms with E-state index in [1.807, 2.05) is 6.92 Å². The molecule has 0 radical (unpaired) electrons. The predicted octanol–water partition coefficient (Wildman–Crippen LogP) is 3.09. The predicted molar refractivity (Wildman–Crippen MR) is 80.1 cm³/mol. The Bertz CT molecular complexity index is 500. The number of aromatic nitrogens is 1. The molecule has 1 amide bonds. The molecule has 1 aromatic heterocycles. The average Bonchev–Trinajstić information content (AvgIpc) is 3.28. The largest absolute Gasteiger partial charge is 0.370 e. The Balaban J connectivity index is 1.72. The zero-order chi connectivity index (χ0) is 14.1. The van der Waals surface area contributed by atoms with Crippen LogP contribution in [0.4, 0.5) is 5.82 Å². The van der Waals surface area contributed by atoms with Crippen LogP contribution in [0.25, 0.3) is 0 Å². The first-order valence-electron chi connectivity index (χ1n) is 7.39. The van der Waals surface area contributed by atoms with Gasteiger partial charge in [0.05, 0.1) is 0 Å². The molecule has 2 saturated carbocycles. The number of carbonyl (C=O) groups is 1. The standard InChI is InChI=1S/C15H20ClN3O/c1-2-17-13-8-11(7-12(16)18-13)15(20)19-14(9-3-4-9)10-5-6-10/h7-10,14H,2-6H2,1H3,(H,17,18)(H,19,20). The molecule has 4 nitrogen and oxygen atoms in total. The lowest BCUT2D eigenvalue weighted by atomic mass is 10.1. The molecule has 2 aliphatic rings. The number of nitrogens with one attached hydrogen (secondary N) is 2. The topological polar surface area (TPSA) is 54.0 Å². The number of rotatable bonds is 6. The van der Waals surface area contributed by atoms with Gasteiger partial charge in [-0.1, -0.05) is 11.6 Å². The number of amides is 1. The first kappa shape index (κ1) is 13.7. The van der Waals surface area contributed by atoms with Gasteiger partial charge in [-0.05, 0) is 56.6 Å². The molecule has 0 aliphatic heterocycles. The van der Waals surface area contributed by atoms with Crippen molar-refractivity contribution in [3.8, 4) is 0 Å². The maximum Gasteiger partial charge on any atom is 0.251 e. The van der Waals surface area contributed by atoms with Crippen molar-refractivity contribution >= 4 is 23.3 Å². The average molecular weight is 294 g/mol. The lowest BCUT2D eigenvalue weighted by Gasteiger charge is -2.18. The molecule has 0 saturated heterocycles. The van der Waals surface area contributed by atoms with Crippen LogP contribution in [-0.2, 0) is 0 Å². The number of pyridine rings is 1. The Labute approximate surface area is 124 Å². The third-order valence-corrected chi connectivity index (χ3v) is 4.17. The molecular weight excluding hydrogens is 274 g/mol. The van der Waals surface area contributed by atoms with Crippen molar-refractivity contribution in [3.63, 3.8) is 0 Å². The fraction of sp³-hybridized carbons (Fsp3) is 0.600. The van der Waals surface area contributed by atoms with Gasteiger partial charge in [0.15, 0.2) is 0 Å². The molecule has 0 unspecified atom stereocenters. The van der Waals surface area contributed by atoms with Crippen molar-refractivity contribution in [2.75, 3.05) is 11.9 Å². The van der Waals surface area contributed by atoms with E-state index < -0.39 is 0 Å². The highest BCUT2D eigenvalue weighted by Gasteiger charge is 2.42. The minimum absolute atomic E-state index is 0.0303. The summed E-state index contributed by atoms with van der Waals surface area (Å²) in [6.45, 7) is 2.74. The first-order valence-corrected chi connectivity index (χ1v) is 7.77. The van der Waals surface area contributed by atoms with Crippen molar-refractivity contribution < 1.29 is 4.79 Å². The van der Waals surface area contributed by atoms with E-state index in [1.165, 1.54) is 25.7 Å². The van der Waals surface area contributed by atoms with Crippen molar-refractivity contribution in [2.24, 2.45) is 11.8 Å². The molecule has 0 bridgehead atoms. The Morgan fingerprint density at radius 3 is 2.55 bits per heavy atom. The Morgan fingerprint density at radius 1 is 1.35 bits per heavy atom. The van der Waals surface area contributed by atoms with Gasteiger partial charge in [-0.15, -0.1) is 0 Å². The summed E-state index contributed by atoms with van der Waals surface area (Å²) in [6, 6.07) is 3.76. The van der Waals surface area contributed by atoms with E-state index >= 15 is 0 Å². The first-order chi connectivity index (χ1) is 9.67. The molecule has 20 heavy (non-hydrogen) atoms. The quantitative estimate of drug-likeness (QED) is 0.793. The van der Waals surface area contributed by atoms with Crippen LogP contribution < -0.4 is 10.6 Å². The Kier molecular flexibility index (Phi) is 3.83. The van der Waals surface area contributed by atoms with E-state index in [1.54, 1.807) is 12.1 Å². The summed E-state index contributed by atoms with van der Waals surface area (Å²) in [7, 11) is 0. The highest BCUT2D eigenvalue weighted by Crippen LogP contribution is 2.44. The summed E-state index contributed by atoms with van der Waals surface area (Å²) >= 11 is 5.99. The van der Waals surface area contributed by atoms with Crippen LogP contribution in [-0.4, -0.2) is 23.5 Å². The number of halogens is 1. The van der Waals surface area contributed by atoms with Crippen LogP contribution in [0.15, 0.2) is 12.1 Å². The van der Waals surface area contributed by atoms with E-state index in [0.717, 1.165) is 6.54 Å². The number of anilines is 1. The normalized spacial score (nSPS) is 18.1. The molecule has 2 N–H and O–H groups in total. The van der Waals surface area contributed by atoms with Gasteiger partial charge in [0.1, 0.15) is 11.0 Å². The zero-order valence-corrected chi connectivity index (χ0v) is 12.4. The molecule has 3 rings (SSSR count). The van der Waals surface area contributed by atoms with Gasteiger partial charge in [-0.25, -0.2) is 4.98 Å². The maximum absolute atomic E-state index is 12.4. The molecule has 0 atom stereocenters. The van der Waals surface area contributed by atoms with Crippen molar-refractivity contribution in [1.29, 1.82) is 0 Å². The number of hydrogen-bond acceptors (Lipinski definition) is 3. The fourth-order valence-corrected chi connectivity index (χ4v) is 2.87. The van der Waals surface area contributed by atoms with Gasteiger partial charge in [0.25, 0.3) is 5.91 Å². The summed E-state index contributed by atoms with van der Waals surface area (Å²) < 4.78 is 0. The van der Waals surface area contributed by atoms with E-state index in [4.69, 9.17) is 11.6 Å². The summed E-state index contributed by atoms with van der Waals surface area (Å²) in [5.41, 5.74) is 0.590. The van der Waals surface area contributed by atoms with Gasteiger partial charge >= 0.3 is 0 Å². The maximum atomic E-state index is 12.4. The van der Waals surface area contributed by atoms with Crippen molar-refractivity contribution in [3.05, 3.63) is 22.8 Å². The second-order valence-electron chi connectivity index (χ2n) is 5.77. The molecular formula is C15H20ClN3O. The third kappa shape index (κ3) is 3.23. The van der Waals surface area contributed by atoms with Crippen LogP contribution >= 0.6 is 11.6 Å². The molecule has 108 valence electrons. The van der Waals surface area contributed by atoms with E-state index in [9.17, 15) is 4.79 Å². The Morgan fingerprint density at radius 2 is 2.00 bits per heavy atom. The van der Waals surface area contributed by atoms with Gasteiger partial charge in [0.2, 0.25) is 0 Å². The van der Waals surface area contributed by atoms with Crippen LogP contribution in [0.3, 0.4) is 0 Å². The third-order valence-electron chi connectivity index (χ3n) is 3.97. The molecule has 2 fully saturated rings. The van der Waals surface area contributed by atoms with Crippen LogP contribution in [0.1, 0.15) is 43.0 Å². The minimum atomic E-state index is -0.0303. The number of carbonyl (C=O) groups excluding carboxylic acids is 1. The molecule has 1 heterocycles. The van der Waals surface area contributed by atoms with Gasteiger partial charge in [-0.3, -0.25) is 4.79 Å². The van der Waals surface area contributed by atoms with Crippen LogP contribution in [0.5, 0.6) is 0 Å². The SMILES string of the molecule is CCNc1cc(C(=O)NC(C2CC2)C2CC2)cc(Cl)n1. The summed E-state index contributed by atoms with van der Waals surface area (Å²) in [5, 5.41) is 6.64. The lowest BCUT2D eigenvalue weighted by molar-refractivity contribution is 0.0926. The van der Waals surface area contributed by atoms with E-state index in [-0.39, 0.29) is 5.91 Å². The fourth-order valence-electron chi connectivity index (χ4n) is 2.67. The summed E-state index contributed by atoms with van der Waals surface area (Å²) in [6.07, 6.45) is 5.00. The summed E-state index contributed by atoms with van der Waals surface area (Å²) in [4.78, 5) is 16.6. The van der Waals surface area contributed by atoms with Gasteiger partial charge < -0.3 is 10.6 Å². The monoisotopic (exact) mass is 293 g/mol. The highest BCUT2D eigenvalue weighted by atomic mass is 35.5. The van der Waals surface area contributed by atoms with Gasteiger partial charge in [-0.2, -0.15) is 0 Å². The second-order valence-corrected chi connectivity index (χ2v) is 6.16. The smallest absolute Gasteiger partial charge is 0.251 e. The van der Waals surface area contributed by atoms with E-state index in [2.05, 4.69) is 15.6 Å². The number of hydrogen-bond donors (Lipinski definition) is 2. The van der Waals surface area contributed by atoms with Gasteiger partial charge in [0, 0.05) is 18.2 Å². The molecule has 1 aromatic rings. The Hall–Kier alpha value is -1.29. The van der Waals surface area contributed by atoms with E-state index in [0.29, 0.717) is 34.4 Å². The molecule has 0 spiro atoms. The second kappa shape index (κ2) is 5.60. The van der Waals surface area contributed by atoms with Crippen LogP contribution in [0, 0.1) is 11.8 Å². The summed E-state index contributed by atoms with van der Waals surface area (Å²) in [5.74, 6) is 2.01. The zero-order valence-electron chi connectivity index (χ0n) is 11.7.